The second-order valence-electron chi connectivity index (χ2n) is 8.79. The fourth-order valence-electron chi connectivity index (χ4n) is 4.36. The molecule has 33 heavy (non-hydrogen) atoms. The van der Waals surface area contributed by atoms with Crippen LogP contribution in [0.3, 0.4) is 0 Å². The van der Waals surface area contributed by atoms with Gasteiger partial charge in [0.1, 0.15) is 11.6 Å². The summed E-state index contributed by atoms with van der Waals surface area (Å²) in [5, 5.41) is 3.07. The van der Waals surface area contributed by atoms with E-state index in [0.29, 0.717) is 22.7 Å². The fraction of sp³-hybridized carbons (Fsp3) is 0.400. The summed E-state index contributed by atoms with van der Waals surface area (Å²) >= 11 is 1.09. The molecule has 0 saturated heterocycles. The molecular weight excluding hydrogens is 444 g/mol. The summed E-state index contributed by atoms with van der Waals surface area (Å²) in [4.78, 5) is 30.8. The van der Waals surface area contributed by atoms with Gasteiger partial charge in [0.05, 0.1) is 21.8 Å². The Morgan fingerprint density at radius 3 is 2.70 bits per heavy atom. The van der Waals surface area contributed by atoms with Crippen LogP contribution in [0, 0.1) is 23.5 Å². The number of fused-ring (bicyclic) bond motifs is 1. The van der Waals surface area contributed by atoms with Gasteiger partial charge in [-0.05, 0) is 49.4 Å². The Kier molecular flexibility index (Phi) is 6.83. The van der Waals surface area contributed by atoms with Gasteiger partial charge >= 0.3 is 0 Å². The highest BCUT2D eigenvalue weighted by atomic mass is 32.2. The summed E-state index contributed by atoms with van der Waals surface area (Å²) in [5.41, 5.74) is -0.133. The van der Waals surface area contributed by atoms with E-state index in [2.05, 4.69) is 24.1 Å². The van der Waals surface area contributed by atoms with Crippen LogP contribution < -0.4 is 10.9 Å². The van der Waals surface area contributed by atoms with Gasteiger partial charge in [0.2, 0.25) is 5.91 Å². The largest absolute Gasteiger partial charge is 0.352 e. The van der Waals surface area contributed by atoms with E-state index in [0.717, 1.165) is 47.7 Å². The van der Waals surface area contributed by atoms with E-state index in [1.165, 1.54) is 6.07 Å². The Bertz CT molecular complexity index is 1250. The number of benzene rings is 2. The maximum Gasteiger partial charge on any atom is 0.266 e. The lowest BCUT2D eigenvalue weighted by Crippen LogP contribution is -2.46. The van der Waals surface area contributed by atoms with Crippen LogP contribution in [0.25, 0.3) is 16.6 Å². The number of nitrogens with zero attached hydrogens (tertiary/aromatic N) is 2. The number of hydrogen-bond donors (Lipinski definition) is 1. The molecule has 0 aliphatic heterocycles. The van der Waals surface area contributed by atoms with Crippen molar-refractivity contribution in [1.29, 1.82) is 0 Å². The Labute approximate surface area is 195 Å². The Morgan fingerprint density at radius 2 is 1.94 bits per heavy atom. The molecule has 1 fully saturated rings. The van der Waals surface area contributed by atoms with Gasteiger partial charge in [-0.1, -0.05) is 50.6 Å². The number of halogens is 2. The van der Waals surface area contributed by atoms with E-state index >= 15 is 0 Å². The lowest BCUT2D eigenvalue weighted by atomic mass is 9.78. The SMILES string of the molecule is CC(Sc1nc2ccccc2c(=O)n1-c1ccc(F)cc1F)C(=O)NC1CCCC(C)C1C. The van der Waals surface area contributed by atoms with Crippen molar-refractivity contribution in [2.45, 2.75) is 56.5 Å². The first kappa shape index (κ1) is 23.4. The van der Waals surface area contributed by atoms with Gasteiger partial charge in [-0.2, -0.15) is 0 Å². The molecule has 8 heteroatoms. The first-order valence-corrected chi connectivity index (χ1v) is 12.1. The van der Waals surface area contributed by atoms with E-state index in [4.69, 9.17) is 0 Å². The smallest absolute Gasteiger partial charge is 0.266 e. The van der Waals surface area contributed by atoms with Gasteiger partial charge in [-0.25, -0.2) is 13.8 Å². The molecule has 0 radical (unpaired) electrons. The molecule has 174 valence electrons. The molecule has 1 aliphatic rings. The molecule has 4 rings (SSSR count). The maximum atomic E-state index is 14.7. The van der Waals surface area contributed by atoms with Crippen LogP contribution in [0.5, 0.6) is 0 Å². The predicted molar refractivity (Wildman–Crippen MR) is 127 cm³/mol. The molecule has 1 saturated carbocycles. The molecule has 0 spiro atoms. The third-order valence-electron chi connectivity index (χ3n) is 6.58. The minimum Gasteiger partial charge on any atom is -0.352 e. The molecule has 1 heterocycles. The van der Waals surface area contributed by atoms with E-state index < -0.39 is 22.4 Å². The number of carbonyl (C=O) groups is 1. The summed E-state index contributed by atoms with van der Waals surface area (Å²) in [6.07, 6.45) is 3.18. The molecule has 1 aliphatic carbocycles. The van der Waals surface area contributed by atoms with Gasteiger partial charge in [0.15, 0.2) is 5.16 Å². The Hall–Kier alpha value is -2.74. The van der Waals surface area contributed by atoms with E-state index in [9.17, 15) is 18.4 Å². The van der Waals surface area contributed by atoms with Crippen molar-refractivity contribution in [3.63, 3.8) is 0 Å². The summed E-state index contributed by atoms with van der Waals surface area (Å²) in [6.45, 7) is 6.10. The zero-order chi connectivity index (χ0) is 23.7. The highest BCUT2D eigenvalue weighted by Gasteiger charge is 2.30. The molecule has 3 aromatic rings. The van der Waals surface area contributed by atoms with Crippen molar-refractivity contribution in [2.24, 2.45) is 11.8 Å². The third kappa shape index (κ3) is 4.81. The minimum absolute atomic E-state index is 0.102. The second-order valence-corrected chi connectivity index (χ2v) is 10.1. The molecular formula is C25H27F2N3O2S. The molecule has 4 atom stereocenters. The van der Waals surface area contributed by atoms with Crippen molar-refractivity contribution in [1.82, 2.24) is 14.9 Å². The summed E-state index contributed by atoms with van der Waals surface area (Å²) < 4.78 is 29.3. The number of rotatable bonds is 5. The average molecular weight is 472 g/mol. The number of amides is 1. The van der Waals surface area contributed by atoms with Gasteiger partial charge in [-0.3, -0.25) is 14.2 Å². The number of nitrogens with one attached hydrogen (secondary N) is 1. The van der Waals surface area contributed by atoms with Crippen LogP contribution in [0.15, 0.2) is 52.4 Å². The van der Waals surface area contributed by atoms with Crippen LogP contribution >= 0.6 is 11.8 Å². The number of thioether (sulfide) groups is 1. The summed E-state index contributed by atoms with van der Waals surface area (Å²) in [6, 6.07) is 9.90. The van der Waals surface area contributed by atoms with Gasteiger partial charge < -0.3 is 5.32 Å². The highest BCUT2D eigenvalue weighted by Crippen LogP contribution is 2.31. The van der Waals surface area contributed by atoms with Crippen molar-refractivity contribution < 1.29 is 13.6 Å². The van der Waals surface area contributed by atoms with Crippen molar-refractivity contribution in [2.75, 3.05) is 0 Å². The van der Waals surface area contributed by atoms with Crippen LogP contribution in [0.4, 0.5) is 8.78 Å². The highest BCUT2D eigenvalue weighted by molar-refractivity contribution is 8.00. The Morgan fingerprint density at radius 1 is 1.18 bits per heavy atom. The minimum atomic E-state index is -0.877. The maximum absolute atomic E-state index is 14.7. The van der Waals surface area contributed by atoms with Crippen molar-refractivity contribution in [3.8, 4) is 5.69 Å². The van der Waals surface area contributed by atoms with E-state index in [-0.39, 0.29) is 22.8 Å². The number of hydrogen-bond acceptors (Lipinski definition) is 4. The molecule has 1 amide bonds. The Balaban J connectivity index is 1.69. The van der Waals surface area contributed by atoms with E-state index in [1.54, 1.807) is 31.2 Å². The van der Waals surface area contributed by atoms with Crippen LogP contribution in [-0.4, -0.2) is 26.8 Å². The molecule has 5 nitrogen and oxygen atoms in total. The van der Waals surface area contributed by atoms with Gasteiger partial charge in [0, 0.05) is 12.1 Å². The van der Waals surface area contributed by atoms with Crippen LogP contribution in [0.1, 0.15) is 40.0 Å². The average Bonchev–Trinajstić information content (AvgIpc) is 2.78. The van der Waals surface area contributed by atoms with Gasteiger partial charge in [0.25, 0.3) is 5.56 Å². The number of aromatic nitrogens is 2. The molecule has 0 bridgehead atoms. The normalized spacial score (nSPS) is 21.7. The number of carbonyl (C=O) groups excluding carboxylic acids is 1. The monoisotopic (exact) mass is 471 g/mol. The zero-order valence-electron chi connectivity index (χ0n) is 18.8. The zero-order valence-corrected chi connectivity index (χ0v) is 19.7. The molecule has 2 aromatic carbocycles. The topological polar surface area (TPSA) is 64.0 Å². The van der Waals surface area contributed by atoms with Gasteiger partial charge in [-0.15, -0.1) is 0 Å². The second kappa shape index (κ2) is 9.63. The lowest BCUT2D eigenvalue weighted by molar-refractivity contribution is -0.121. The number of para-hydroxylation sites is 1. The fourth-order valence-corrected chi connectivity index (χ4v) is 5.29. The summed E-state index contributed by atoms with van der Waals surface area (Å²) in [7, 11) is 0. The first-order valence-electron chi connectivity index (χ1n) is 11.2. The van der Waals surface area contributed by atoms with Crippen molar-refractivity contribution >= 4 is 28.6 Å². The summed E-state index contributed by atoms with van der Waals surface area (Å²) in [5.74, 6) is -0.848. The van der Waals surface area contributed by atoms with Crippen LogP contribution in [-0.2, 0) is 4.79 Å². The quantitative estimate of drug-likeness (QED) is 0.416. The van der Waals surface area contributed by atoms with Crippen molar-refractivity contribution in [3.05, 3.63) is 64.5 Å². The van der Waals surface area contributed by atoms with E-state index in [1.807, 2.05) is 0 Å². The third-order valence-corrected chi connectivity index (χ3v) is 7.63. The first-order chi connectivity index (χ1) is 15.8. The molecule has 1 N–H and O–H groups in total. The lowest BCUT2D eigenvalue weighted by Gasteiger charge is -2.35. The predicted octanol–water partition coefficient (Wildman–Crippen LogP) is 5.09. The standard InChI is InChI=1S/C25H27F2N3O2S/c1-14-7-6-10-20(15(14)2)28-23(31)16(3)33-25-29-21-9-5-4-8-18(21)24(32)30(25)22-12-11-17(26)13-19(22)27/h4-5,8-9,11-16,20H,6-7,10H2,1-3H3,(H,28,31). The molecule has 4 unspecified atom stereocenters. The van der Waals surface area contributed by atoms with Crippen LogP contribution in [0.2, 0.25) is 0 Å². The molecule has 1 aromatic heterocycles.